The van der Waals surface area contributed by atoms with E-state index in [9.17, 15) is 19.8 Å². The Balaban J connectivity index is 3.42. The van der Waals surface area contributed by atoms with E-state index in [1.54, 1.807) is 0 Å². The standard InChI is InChI=1S/C69H133NO5/c1-3-5-7-9-11-13-15-17-18-19-20-21-22-23-25-28-31-34-38-41-45-49-53-57-61-67(72)66(65-71)70-68(73)62-58-54-50-46-42-39-35-32-29-26-24-27-30-33-36-40-44-48-52-56-60-64-75-69(74)63-59-55-51-47-43-37-16-14-12-10-8-6-4-2/h14,16,26,29,66-67,71-72H,3-13,15,17-25,27-28,30-65H2,1-2H3,(H,70,73)/b16-14-,29-26-. The van der Waals surface area contributed by atoms with Crippen LogP contribution in [-0.2, 0) is 14.3 Å². The number of hydrogen-bond donors (Lipinski definition) is 3. The molecule has 0 aromatic carbocycles. The normalized spacial score (nSPS) is 12.6. The van der Waals surface area contributed by atoms with Crippen LogP contribution in [0.5, 0.6) is 0 Å². The van der Waals surface area contributed by atoms with Crippen molar-refractivity contribution in [2.45, 2.75) is 392 Å². The van der Waals surface area contributed by atoms with Crippen molar-refractivity contribution in [3.8, 4) is 0 Å². The van der Waals surface area contributed by atoms with Crippen LogP contribution in [0.15, 0.2) is 24.3 Å². The van der Waals surface area contributed by atoms with Crippen LogP contribution < -0.4 is 5.32 Å². The number of amides is 1. The number of allylic oxidation sites excluding steroid dienone is 4. The Bertz CT molecular complexity index is 1170. The quantitative estimate of drug-likeness (QED) is 0.0320. The Morgan fingerprint density at radius 2 is 0.627 bits per heavy atom. The van der Waals surface area contributed by atoms with E-state index >= 15 is 0 Å². The fraction of sp³-hybridized carbons (Fsp3) is 0.913. The summed E-state index contributed by atoms with van der Waals surface area (Å²) >= 11 is 0. The molecule has 0 aromatic rings. The molecule has 0 saturated carbocycles. The lowest BCUT2D eigenvalue weighted by atomic mass is 10.0. The Morgan fingerprint density at radius 1 is 0.360 bits per heavy atom. The van der Waals surface area contributed by atoms with E-state index < -0.39 is 12.1 Å². The van der Waals surface area contributed by atoms with Gasteiger partial charge in [-0.15, -0.1) is 0 Å². The molecule has 75 heavy (non-hydrogen) atoms. The summed E-state index contributed by atoms with van der Waals surface area (Å²) in [4.78, 5) is 24.6. The fourth-order valence-corrected chi connectivity index (χ4v) is 10.7. The highest BCUT2D eigenvalue weighted by atomic mass is 16.5. The number of nitrogens with one attached hydrogen (secondary N) is 1. The minimum Gasteiger partial charge on any atom is -0.466 e. The lowest BCUT2D eigenvalue weighted by molar-refractivity contribution is -0.143. The molecule has 2 atom stereocenters. The fourth-order valence-electron chi connectivity index (χ4n) is 10.7. The number of hydrogen-bond acceptors (Lipinski definition) is 5. The summed E-state index contributed by atoms with van der Waals surface area (Å²) in [6.45, 7) is 4.96. The Kier molecular flexibility index (Phi) is 63.4. The van der Waals surface area contributed by atoms with E-state index in [4.69, 9.17) is 4.74 Å². The molecule has 0 heterocycles. The number of carbonyl (C=O) groups is 2. The van der Waals surface area contributed by atoms with Crippen molar-refractivity contribution in [2.75, 3.05) is 13.2 Å². The molecule has 3 N–H and O–H groups in total. The molecule has 0 saturated heterocycles. The van der Waals surface area contributed by atoms with Crippen LogP contribution in [0.3, 0.4) is 0 Å². The van der Waals surface area contributed by atoms with Crippen molar-refractivity contribution in [2.24, 2.45) is 0 Å². The van der Waals surface area contributed by atoms with Gasteiger partial charge in [-0.3, -0.25) is 9.59 Å². The van der Waals surface area contributed by atoms with Crippen LogP contribution in [-0.4, -0.2) is 47.4 Å². The minimum absolute atomic E-state index is 0.000211. The third-order valence-corrected chi connectivity index (χ3v) is 16.0. The van der Waals surface area contributed by atoms with Gasteiger partial charge >= 0.3 is 5.97 Å². The average molecular weight is 1060 g/mol. The SMILES string of the molecule is CCCCCC/C=C\CCCCCCCC(=O)OCCCCCCCCCCCC/C=C\CCCCCCCCCC(=O)NC(CO)C(O)CCCCCCCCCCCCCCCCCCCCCCCCCC. The number of rotatable bonds is 64. The number of unbranched alkanes of at least 4 members (excludes halogenated alkanes) is 49. The first kappa shape index (κ1) is 73.3. The molecule has 0 aliphatic carbocycles. The molecule has 0 bridgehead atoms. The van der Waals surface area contributed by atoms with Crippen molar-refractivity contribution >= 4 is 11.9 Å². The molecule has 0 radical (unpaired) electrons. The maximum atomic E-state index is 12.5. The van der Waals surface area contributed by atoms with Crippen molar-refractivity contribution < 1.29 is 24.5 Å². The van der Waals surface area contributed by atoms with Crippen LogP contribution in [0.1, 0.15) is 380 Å². The first-order chi connectivity index (χ1) is 37.0. The largest absolute Gasteiger partial charge is 0.466 e. The summed E-state index contributed by atoms with van der Waals surface area (Å²) in [6, 6.07) is -0.549. The number of aliphatic hydroxyl groups excluding tert-OH is 2. The van der Waals surface area contributed by atoms with Crippen molar-refractivity contribution in [1.29, 1.82) is 0 Å². The molecule has 0 aliphatic heterocycles. The zero-order valence-corrected chi connectivity index (χ0v) is 50.8. The van der Waals surface area contributed by atoms with Crippen LogP contribution in [0.25, 0.3) is 0 Å². The van der Waals surface area contributed by atoms with Gasteiger partial charge in [0.25, 0.3) is 0 Å². The molecular formula is C69H133NO5. The molecule has 6 heteroatoms. The van der Waals surface area contributed by atoms with Crippen LogP contribution >= 0.6 is 0 Å². The Morgan fingerprint density at radius 3 is 0.960 bits per heavy atom. The molecule has 0 rings (SSSR count). The van der Waals surface area contributed by atoms with E-state index in [2.05, 4.69) is 43.5 Å². The van der Waals surface area contributed by atoms with E-state index in [-0.39, 0.29) is 18.5 Å². The molecular weight excluding hydrogens is 923 g/mol. The second kappa shape index (κ2) is 64.9. The van der Waals surface area contributed by atoms with Crippen LogP contribution in [0.2, 0.25) is 0 Å². The smallest absolute Gasteiger partial charge is 0.305 e. The predicted molar refractivity (Wildman–Crippen MR) is 329 cm³/mol. The third-order valence-electron chi connectivity index (χ3n) is 16.0. The molecule has 1 amide bonds. The Hall–Kier alpha value is -1.66. The molecule has 444 valence electrons. The third kappa shape index (κ3) is 61.4. The van der Waals surface area contributed by atoms with Crippen molar-refractivity contribution in [1.82, 2.24) is 5.32 Å². The minimum atomic E-state index is -0.671. The maximum absolute atomic E-state index is 12.5. The Labute approximate surface area is 469 Å². The molecule has 0 aliphatic rings. The van der Waals surface area contributed by atoms with Gasteiger partial charge in [0.2, 0.25) is 5.91 Å². The maximum Gasteiger partial charge on any atom is 0.305 e. The van der Waals surface area contributed by atoms with E-state index in [0.717, 1.165) is 44.9 Å². The van der Waals surface area contributed by atoms with Gasteiger partial charge in [0.1, 0.15) is 0 Å². The summed E-state index contributed by atoms with van der Waals surface area (Å²) < 4.78 is 5.47. The van der Waals surface area contributed by atoms with Gasteiger partial charge in [0.15, 0.2) is 0 Å². The topological polar surface area (TPSA) is 95.9 Å². The molecule has 6 nitrogen and oxygen atoms in total. The number of esters is 1. The highest BCUT2D eigenvalue weighted by Gasteiger charge is 2.20. The summed E-state index contributed by atoms with van der Waals surface area (Å²) in [5.41, 5.74) is 0. The van der Waals surface area contributed by atoms with E-state index in [0.29, 0.717) is 25.9 Å². The van der Waals surface area contributed by atoms with Gasteiger partial charge in [-0.25, -0.2) is 0 Å². The zero-order valence-electron chi connectivity index (χ0n) is 50.8. The summed E-state index contributed by atoms with van der Waals surface area (Å²) in [6.07, 6.45) is 80.7. The highest BCUT2D eigenvalue weighted by Crippen LogP contribution is 2.18. The van der Waals surface area contributed by atoms with Gasteiger partial charge < -0.3 is 20.3 Å². The van der Waals surface area contributed by atoms with E-state index in [1.807, 2.05) is 0 Å². The summed E-state index contributed by atoms with van der Waals surface area (Å²) in [7, 11) is 0. The molecule has 0 fully saturated rings. The van der Waals surface area contributed by atoms with Gasteiger partial charge in [0.05, 0.1) is 25.4 Å². The lowest BCUT2D eigenvalue weighted by Crippen LogP contribution is -2.45. The second-order valence-electron chi connectivity index (χ2n) is 23.5. The zero-order chi connectivity index (χ0) is 54.3. The van der Waals surface area contributed by atoms with Crippen LogP contribution in [0, 0.1) is 0 Å². The lowest BCUT2D eigenvalue weighted by Gasteiger charge is -2.22. The van der Waals surface area contributed by atoms with Gasteiger partial charge in [-0.1, -0.05) is 314 Å². The van der Waals surface area contributed by atoms with Gasteiger partial charge in [-0.2, -0.15) is 0 Å². The number of ether oxygens (including phenoxy) is 1. The molecule has 0 spiro atoms. The first-order valence-electron chi connectivity index (χ1n) is 34.1. The van der Waals surface area contributed by atoms with Gasteiger partial charge in [-0.05, 0) is 77.0 Å². The molecule has 2 unspecified atom stereocenters. The van der Waals surface area contributed by atoms with Crippen molar-refractivity contribution in [3.05, 3.63) is 24.3 Å². The van der Waals surface area contributed by atoms with E-state index in [1.165, 1.54) is 302 Å². The van der Waals surface area contributed by atoms with Crippen molar-refractivity contribution in [3.63, 3.8) is 0 Å². The summed E-state index contributed by atoms with van der Waals surface area (Å²) in [5.74, 6) is -0.0388. The van der Waals surface area contributed by atoms with Gasteiger partial charge in [0, 0.05) is 12.8 Å². The highest BCUT2D eigenvalue weighted by molar-refractivity contribution is 5.76. The first-order valence-corrected chi connectivity index (χ1v) is 34.1. The second-order valence-corrected chi connectivity index (χ2v) is 23.5. The number of carbonyl (C=O) groups excluding carboxylic acids is 2. The average Bonchev–Trinajstić information content (AvgIpc) is 3.41. The molecule has 0 aromatic heterocycles. The predicted octanol–water partition coefficient (Wildman–Crippen LogP) is 21.8. The van der Waals surface area contributed by atoms with Crippen LogP contribution in [0.4, 0.5) is 0 Å². The monoisotopic (exact) mass is 1060 g/mol. The summed E-state index contributed by atoms with van der Waals surface area (Å²) in [5, 5.41) is 23.4. The number of aliphatic hydroxyl groups is 2.